The van der Waals surface area contributed by atoms with E-state index in [9.17, 15) is 0 Å². The van der Waals surface area contributed by atoms with Gasteiger partial charge < -0.3 is 14.1 Å². The van der Waals surface area contributed by atoms with E-state index in [1.54, 1.807) is 11.8 Å². The average Bonchev–Trinajstić information content (AvgIpc) is 3.25. The predicted octanol–water partition coefficient (Wildman–Crippen LogP) is 3.80. The van der Waals surface area contributed by atoms with Crippen LogP contribution < -0.4 is 4.74 Å². The van der Waals surface area contributed by atoms with Crippen LogP contribution >= 0.6 is 11.8 Å². The van der Waals surface area contributed by atoms with Crippen molar-refractivity contribution in [2.45, 2.75) is 12.3 Å². The number of likely N-dealkylation sites (N-methyl/N-ethyl adjacent to an activating group) is 1. The van der Waals surface area contributed by atoms with E-state index in [0.29, 0.717) is 24.1 Å². The van der Waals surface area contributed by atoms with E-state index in [2.05, 4.69) is 51.3 Å². The number of hydrogen-bond acceptors (Lipinski definition) is 7. The van der Waals surface area contributed by atoms with Gasteiger partial charge in [-0.25, -0.2) is 0 Å². The summed E-state index contributed by atoms with van der Waals surface area (Å²) in [5.74, 6) is 3.68. The fraction of sp³-hybridized carbons (Fsp3) is 0.391. The molecule has 1 aromatic heterocycles. The molecule has 1 saturated heterocycles. The van der Waals surface area contributed by atoms with Gasteiger partial charge >= 0.3 is 0 Å². The summed E-state index contributed by atoms with van der Waals surface area (Å²) in [6, 6.07) is 18.3. The Morgan fingerprint density at radius 1 is 0.967 bits per heavy atom. The van der Waals surface area contributed by atoms with Crippen LogP contribution in [0.2, 0.25) is 0 Å². The maximum atomic E-state index is 5.84. The van der Waals surface area contributed by atoms with Crippen molar-refractivity contribution in [2.24, 2.45) is 0 Å². The third kappa shape index (κ3) is 6.08. The lowest BCUT2D eigenvalue weighted by Gasteiger charge is -2.32. The molecule has 7 heteroatoms. The molecule has 0 radical (unpaired) electrons. The molecule has 0 bridgehead atoms. The third-order valence-corrected chi connectivity index (χ3v) is 6.04. The molecule has 30 heavy (non-hydrogen) atoms. The highest BCUT2D eigenvalue weighted by Crippen LogP contribution is 2.21. The van der Waals surface area contributed by atoms with Gasteiger partial charge in [-0.05, 0) is 36.9 Å². The highest BCUT2D eigenvalue weighted by molar-refractivity contribution is 7.98. The van der Waals surface area contributed by atoms with Crippen LogP contribution in [0.25, 0.3) is 11.5 Å². The van der Waals surface area contributed by atoms with Crippen LogP contribution in [0.15, 0.2) is 59.0 Å². The van der Waals surface area contributed by atoms with E-state index in [0.717, 1.165) is 49.8 Å². The van der Waals surface area contributed by atoms with Crippen LogP contribution in [0, 0.1) is 0 Å². The number of piperazine rings is 1. The van der Waals surface area contributed by atoms with Crippen LogP contribution in [0.5, 0.6) is 5.75 Å². The minimum atomic E-state index is 0.581. The molecule has 0 amide bonds. The Morgan fingerprint density at radius 2 is 1.73 bits per heavy atom. The average molecular weight is 425 g/mol. The maximum Gasteiger partial charge on any atom is 0.247 e. The van der Waals surface area contributed by atoms with Gasteiger partial charge in [-0.3, -0.25) is 4.90 Å². The Balaban J connectivity index is 1.21. The summed E-state index contributed by atoms with van der Waals surface area (Å²) in [5, 5.41) is 8.39. The zero-order valence-electron chi connectivity index (χ0n) is 17.4. The Hall–Kier alpha value is -2.35. The molecule has 1 aliphatic heterocycles. The fourth-order valence-electron chi connectivity index (χ4n) is 3.34. The van der Waals surface area contributed by atoms with Crippen LogP contribution in [-0.4, -0.2) is 65.6 Å². The van der Waals surface area contributed by atoms with Crippen molar-refractivity contribution in [2.75, 3.05) is 45.6 Å². The standard InChI is InChI=1S/C23H28N4O2S/c1-26-11-13-27(14-12-26)17-19-7-9-20(10-8-19)23-25-24-22(29-23)18-30-16-15-28-21-5-3-2-4-6-21/h2-10H,11-18H2,1H3. The molecule has 1 fully saturated rings. The molecule has 0 atom stereocenters. The second-order valence-corrected chi connectivity index (χ2v) is 8.60. The van der Waals surface area contributed by atoms with Crippen molar-refractivity contribution < 1.29 is 9.15 Å². The largest absolute Gasteiger partial charge is 0.493 e. The molecule has 2 heterocycles. The summed E-state index contributed by atoms with van der Waals surface area (Å²) >= 11 is 1.73. The summed E-state index contributed by atoms with van der Waals surface area (Å²) in [4.78, 5) is 4.87. The van der Waals surface area contributed by atoms with Crippen molar-refractivity contribution in [1.29, 1.82) is 0 Å². The van der Waals surface area contributed by atoms with Crippen LogP contribution in [0.3, 0.4) is 0 Å². The first-order valence-electron chi connectivity index (χ1n) is 10.3. The molecule has 4 rings (SSSR count). The van der Waals surface area contributed by atoms with Gasteiger partial charge in [0.05, 0.1) is 12.4 Å². The molecule has 0 unspecified atom stereocenters. The fourth-order valence-corrected chi connectivity index (χ4v) is 3.98. The first-order valence-corrected chi connectivity index (χ1v) is 11.5. The smallest absolute Gasteiger partial charge is 0.247 e. The molecule has 158 valence electrons. The summed E-state index contributed by atoms with van der Waals surface area (Å²) in [6.07, 6.45) is 0. The Morgan fingerprint density at radius 3 is 2.50 bits per heavy atom. The van der Waals surface area contributed by atoms with E-state index in [4.69, 9.17) is 9.15 Å². The zero-order chi connectivity index (χ0) is 20.6. The third-order valence-electron chi connectivity index (χ3n) is 5.13. The van der Waals surface area contributed by atoms with Gasteiger partial charge in [0.15, 0.2) is 0 Å². The van der Waals surface area contributed by atoms with E-state index in [1.807, 2.05) is 30.3 Å². The number of para-hydroxylation sites is 1. The quantitative estimate of drug-likeness (QED) is 0.484. The Bertz CT molecular complexity index is 893. The van der Waals surface area contributed by atoms with E-state index >= 15 is 0 Å². The van der Waals surface area contributed by atoms with Crippen LogP contribution in [-0.2, 0) is 12.3 Å². The monoisotopic (exact) mass is 424 g/mol. The van der Waals surface area contributed by atoms with Crippen molar-refractivity contribution in [3.05, 3.63) is 66.1 Å². The first-order chi connectivity index (χ1) is 14.8. The van der Waals surface area contributed by atoms with Crippen LogP contribution in [0.1, 0.15) is 11.5 Å². The minimum Gasteiger partial charge on any atom is -0.493 e. The summed E-state index contributed by atoms with van der Waals surface area (Å²) in [5.41, 5.74) is 2.28. The van der Waals surface area contributed by atoms with Gasteiger partial charge in [-0.15, -0.1) is 22.0 Å². The number of nitrogens with zero attached hydrogens (tertiary/aromatic N) is 4. The summed E-state index contributed by atoms with van der Waals surface area (Å²) in [6.45, 7) is 6.17. The molecule has 3 aromatic rings. The Kier molecular flexibility index (Phi) is 7.39. The number of thioether (sulfide) groups is 1. The maximum absolute atomic E-state index is 5.84. The van der Waals surface area contributed by atoms with Crippen molar-refractivity contribution in [1.82, 2.24) is 20.0 Å². The highest BCUT2D eigenvalue weighted by atomic mass is 32.2. The topological polar surface area (TPSA) is 54.6 Å². The lowest BCUT2D eigenvalue weighted by Crippen LogP contribution is -2.43. The van der Waals surface area contributed by atoms with Gasteiger partial charge in [-0.1, -0.05) is 30.3 Å². The number of ether oxygens (including phenoxy) is 1. The Labute approximate surface area is 182 Å². The normalized spacial score (nSPS) is 15.4. The molecule has 1 aliphatic rings. The minimum absolute atomic E-state index is 0.581. The van der Waals surface area contributed by atoms with Crippen molar-refractivity contribution in [3.63, 3.8) is 0 Å². The van der Waals surface area contributed by atoms with Crippen molar-refractivity contribution >= 4 is 11.8 Å². The van der Waals surface area contributed by atoms with Gasteiger partial charge in [-0.2, -0.15) is 0 Å². The molecule has 2 aromatic carbocycles. The lowest BCUT2D eigenvalue weighted by molar-refractivity contribution is 0.148. The van der Waals surface area contributed by atoms with Gasteiger partial charge in [0.25, 0.3) is 0 Å². The summed E-state index contributed by atoms with van der Waals surface area (Å²) in [7, 11) is 2.18. The van der Waals surface area contributed by atoms with E-state index in [1.165, 1.54) is 5.56 Å². The summed E-state index contributed by atoms with van der Waals surface area (Å²) < 4.78 is 11.5. The molecular formula is C23H28N4O2S. The number of rotatable bonds is 9. The molecule has 0 saturated carbocycles. The number of hydrogen-bond donors (Lipinski definition) is 0. The molecule has 6 nitrogen and oxygen atoms in total. The van der Waals surface area contributed by atoms with Gasteiger partial charge in [0.1, 0.15) is 5.75 Å². The zero-order valence-corrected chi connectivity index (χ0v) is 18.2. The molecule has 0 N–H and O–H groups in total. The van der Waals surface area contributed by atoms with Crippen molar-refractivity contribution in [3.8, 4) is 17.2 Å². The second-order valence-electron chi connectivity index (χ2n) is 7.49. The predicted molar refractivity (Wildman–Crippen MR) is 121 cm³/mol. The van der Waals surface area contributed by atoms with E-state index in [-0.39, 0.29) is 0 Å². The second kappa shape index (κ2) is 10.6. The number of aromatic nitrogens is 2. The number of benzene rings is 2. The molecule has 0 spiro atoms. The SMILES string of the molecule is CN1CCN(Cc2ccc(-c3nnc(CSCCOc4ccccc4)o3)cc2)CC1. The van der Waals surface area contributed by atoms with Gasteiger partial charge in [0.2, 0.25) is 11.8 Å². The van der Waals surface area contributed by atoms with Gasteiger partial charge in [0, 0.05) is 44.0 Å². The lowest BCUT2D eigenvalue weighted by atomic mass is 10.1. The van der Waals surface area contributed by atoms with Crippen LogP contribution in [0.4, 0.5) is 0 Å². The first kappa shape index (κ1) is 20.9. The highest BCUT2D eigenvalue weighted by Gasteiger charge is 2.14. The molecular weight excluding hydrogens is 396 g/mol. The van der Waals surface area contributed by atoms with E-state index < -0.39 is 0 Å². The molecule has 0 aliphatic carbocycles.